The highest BCUT2D eigenvalue weighted by atomic mass is 127. The molecule has 0 bridgehead atoms. The zero-order valence-electron chi connectivity index (χ0n) is 4.06. The van der Waals surface area contributed by atoms with E-state index in [9.17, 15) is 0 Å². The van der Waals surface area contributed by atoms with Crippen LogP contribution in [0.5, 0.6) is 0 Å². The third-order valence-corrected chi connectivity index (χ3v) is 1.52. The van der Waals surface area contributed by atoms with Gasteiger partial charge in [-0.1, -0.05) is 0 Å². The topological polar surface area (TPSA) is 41.0 Å². The molecule has 8 heavy (non-hydrogen) atoms. The first-order valence-electron chi connectivity index (χ1n) is 2.00. The average Bonchev–Trinajstić information content (AvgIpc) is 2.14. The first kappa shape index (κ1) is 5.74. The van der Waals surface area contributed by atoms with E-state index in [1.54, 1.807) is 6.20 Å². The number of aromatic nitrogens is 2. The fourth-order valence-corrected chi connectivity index (χ4v) is 0.806. The summed E-state index contributed by atoms with van der Waals surface area (Å²) in [7, 11) is 0. The Kier molecular flexibility index (Phi) is 1.62. The van der Waals surface area contributed by atoms with Crippen molar-refractivity contribution in [3.05, 3.63) is 9.77 Å². The van der Waals surface area contributed by atoms with Crippen LogP contribution in [-0.2, 0) is 0 Å². The van der Waals surface area contributed by atoms with Gasteiger partial charge in [0, 0.05) is 0 Å². The zero-order valence-corrected chi connectivity index (χ0v) is 6.21. The molecule has 3 nitrogen and oxygen atoms in total. The molecule has 0 aliphatic rings. The maximum absolute atomic E-state index is 3.73. The lowest BCUT2D eigenvalue weighted by molar-refractivity contribution is 1.08. The number of aromatic amines is 1. The van der Waals surface area contributed by atoms with Crippen LogP contribution in [0.2, 0.25) is 0 Å². The lowest BCUT2D eigenvalue weighted by atomic mass is 10.7. The van der Waals surface area contributed by atoms with Gasteiger partial charge in [0.15, 0.2) is 5.82 Å². The van der Waals surface area contributed by atoms with E-state index in [0.29, 0.717) is 0 Å². The molecule has 0 unspecified atom stereocenters. The number of aliphatic imine (C=N–C) groups is 1. The Morgan fingerprint density at radius 3 is 2.88 bits per heavy atom. The zero-order chi connectivity index (χ0) is 5.98. The largest absolute Gasteiger partial charge is 0.260 e. The van der Waals surface area contributed by atoms with Crippen LogP contribution in [0.1, 0.15) is 0 Å². The molecule has 0 saturated heterocycles. The summed E-state index contributed by atoms with van der Waals surface area (Å²) in [6, 6.07) is 0. The van der Waals surface area contributed by atoms with Gasteiger partial charge >= 0.3 is 0 Å². The van der Waals surface area contributed by atoms with E-state index in [4.69, 9.17) is 0 Å². The lowest BCUT2D eigenvalue weighted by Crippen LogP contribution is -1.62. The highest BCUT2D eigenvalue weighted by Gasteiger charge is 1.93. The molecule has 0 saturated carbocycles. The van der Waals surface area contributed by atoms with Gasteiger partial charge in [0.2, 0.25) is 0 Å². The molecule has 0 aromatic carbocycles. The molecule has 0 spiro atoms. The number of H-pyrrole nitrogens is 1. The van der Waals surface area contributed by atoms with Crippen molar-refractivity contribution in [2.24, 2.45) is 4.99 Å². The fraction of sp³-hybridized carbons (Fsp3) is 0. The fourth-order valence-electron chi connectivity index (χ4n) is 0.376. The minimum atomic E-state index is 0.741. The van der Waals surface area contributed by atoms with Gasteiger partial charge in [-0.15, -0.1) is 0 Å². The molecule has 4 heteroatoms. The molecule has 0 atom stereocenters. The third kappa shape index (κ3) is 0.885. The molecular weight excluding hydrogens is 217 g/mol. The maximum Gasteiger partial charge on any atom is 0.160 e. The molecule has 0 amide bonds. The first-order chi connectivity index (χ1) is 3.84. The van der Waals surface area contributed by atoms with Crippen molar-refractivity contribution in [1.82, 2.24) is 10.2 Å². The molecule has 1 aromatic heterocycles. The maximum atomic E-state index is 3.73. The van der Waals surface area contributed by atoms with Gasteiger partial charge in [-0.2, -0.15) is 5.10 Å². The Morgan fingerprint density at radius 2 is 2.62 bits per heavy atom. The number of hydrogen-bond donors (Lipinski definition) is 1. The monoisotopic (exact) mass is 221 g/mol. The van der Waals surface area contributed by atoms with Crippen LogP contribution >= 0.6 is 22.6 Å². The molecule has 1 N–H and O–H groups in total. The summed E-state index contributed by atoms with van der Waals surface area (Å²) in [6.07, 6.45) is 1.70. The van der Waals surface area contributed by atoms with Gasteiger partial charge in [0.1, 0.15) is 0 Å². The van der Waals surface area contributed by atoms with Crippen LogP contribution in [0.3, 0.4) is 0 Å². The normalized spacial score (nSPS) is 9.12. The van der Waals surface area contributed by atoms with Crippen molar-refractivity contribution in [2.45, 2.75) is 0 Å². The standard InChI is InChI=1S/C4H4IN3/c1-6-4-3(5)2-7-8-4/h2H,1H2,(H,7,8). The van der Waals surface area contributed by atoms with Crippen LogP contribution < -0.4 is 0 Å². The number of hydrogen-bond acceptors (Lipinski definition) is 2. The van der Waals surface area contributed by atoms with E-state index in [1.807, 2.05) is 0 Å². The Hall–Kier alpha value is -0.390. The van der Waals surface area contributed by atoms with Crippen molar-refractivity contribution >= 4 is 35.1 Å². The number of nitrogens with zero attached hydrogens (tertiary/aromatic N) is 2. The summed E-state index contributed by atoms with van der Waals surface area (Å²) >= 11 is 2.13. The van der Waals surface area contributed by atoms with Gasteiger partial charge in [-0.05, 0) is 29.3 Å². The summed E-state index contributed by atoms with van der Waals surface area (Å²) in [6.45, 7) is 3.34. The molecule has 1 aromatic rings. The second-order valence-electron chi connectivity index (χ2n) is 1.22. The average molecular weight is 221 g/mol. The van der Waals surface area contributed by atoms with Crippen molar-refractivity contribution < 1.29 is 0 Å². The van der Waals surface area contributed by atoms with Gasteiger partial charge < -0.3 is 0 Å². The molecule has 0 aliphatic heterocycles. The molecule has 1 heterocycles. The van der Waals surface area contributed by atoms with Crippen molar-refractivity contribution in [1.29, 1.82) is 0 Å². The van der Waals surface area contributed by atoms with E-state index in [2.05, 4.69) is 44.5 Å². The summed E-state index contributed by atoms with van der Waals surface area (Å²) in [5, 5.41) is 6.39. The van der Waals surface area contributed by atoms with E-state index in [0.717, 1.165) is 9.39 Å². The quantitative estimate of drug-likeness (QED) is 0.564. The number of halogens is 1. The van der Waals surface area contributed by atoms with Crippen molar-refractivity contribution in [2.75, 3.05) is 0 Å². The Labute approximate surface area is 60.4 Å². The smallest absolute Gasteiger partial charge is 0.160 e. The molecule has 0 aliphatic carbocycles. The molecular formula is C4H4IN3. The molecule has 0 radical (unpaired) electrons. The van der Waals surface area contributed by atoms with E-state index in [-0.39, 0.29) is 0 Å². The van der Waals surface area contributed by atoms with Crippen LogP contribution in [0.25, 0.3) is 0 Å². The first-order valence-corrected chi connectivity index (χ1v) is 3.08. The SMILES string of the molecule is C=Nc1[nH]ncc1I. The Balaban J connectivity index is 3.09. The van der Waals surface area contributed by atoms with Gasteiger partial charge in [-0.25, -0.2) is 4.99 Å². The summed E-state index contributed by atoms with van der Waals surface area (Å²) in [4.78, 5) is 3.65. The van der Waals surface area contributed by atoms with E-state index < -0.39 is 0 Å². The van der Waals surface area contributed by atoms with Gasteiger partial charge in [0.05, 0.1) is 9.77 Å². The van der Waals surface area contributed by atoms with Crippen molar-refractivity contribution in [3.8, 4) is 0 Å². The van der Waals surface area contributed by atoms with Gasteiger partial charge in [-0.3, -0.25) is 5.10 Å². The highest BCUT2D eigenvalue weighted by molar-refractivity contribution is 14.1. The van der Waals surface area contributed by atoms with Crippen LogP contribution in [-0.4, -0.2) is 16.9 Å². The highest BCUT2D eigenvalue weighted by Crippen LogP contribution is 2.14. The third-order valence-electron chi connectivity index (χ3n) is 0.733. The lowest BCUT2D eigenvalue weighted by Gasteiger charge is -1.79. The second kappa shape index (κ2) is 2.25. The minimum absolute atomic E-state index is 0.741. The predicted molar refractivity (Wildman–Crippen MR) is 40.5 cm³/mol. The minimum Gasteiger partial charge on any atom is -0.260 e. The summed E-state index contributed by atoms with van der Waals surface area (Å²) in [5.41, 5.74) is 0. The van der Waals surface area contributed by atoms with Crippen molar-refractivity contribution in [3.63, 3.8) is 0 Å². The Morgan fingerprint density at radius 1 is 1.88 bits per heavy atom. The summed E-state index contributed by atoms with van der Waals surface area (Å²) in [5.74, 6) is 0.741. The molecule has 1 rings (SSSR count). The van der Waals surface area contributed by atoms with Crippen LogP contribution in [0.4, 0.5) is 5.82 Å². The van der Waals surface area contributed by atoms with Crippen LogP contribution in [0.15, 0.2) is 11.2 Å². The molecule has 42 valence electrons. The van der Waals surface area contributed by atoms with E-state index in [1.165, 1.54) is 0 Å². The Bertz CT molecular complexity index is 193. The van der Waals surface area contributed by atoms with E-state index >= 15 is 0 Å². The second-order valence-corrected chi connectivity index (χ2v) is 2.39. The van der Waals surface area contributed by atoms with Gasteiger partial charge in [0.25, 0.3) is 0 Å². The number of nitrogens with one attached hydrogen (secondary N) is 1. The number of rotatable bonds is 1. The summed E-state index contributed by atoms with van der Waals surface area (Å²) < 4.78 is 0.998. The predicted octanol–water partition coefficient (Wildman–Crippen LogP) is 1.35. The molecule has 0 fully saturated rings. The van der Waals surface area contributed by atoms with Crippen LogP contribution in [0, 0.1) is 3.57 Å².